The Morgan fingerprint density at radius 2 is 2.57 bits per heavy atom. The van der Waals surface area contributed by atoms with Crippen molar-refractivity contribution in [2.24, 2.45) is 0 Å². The molecule has 1 aromatic heterocycles. The normalized spacial score (nSPS) is 20.8. The molecule has 0 saturated carbocycles. The van der Waals surface area contributed by atoms with Gasteiger partial charge in [-0.1, -0.05) is 6.92 Å². The number of rotatable bonds is 1. The average Bonchev–Trinajstić information content (AvgIpc) is 2.38. The Bertz CT molecular complexity index is 328. The van der Waals surface area contributed by atoms with Crippen molar-refractivity contribution in [1.82, 2.24) is 10.3 Å². The number of nitrogens with zero attached hydrogens (tertiary/aromatic N) is 1. The summed E-state index contributed by atoms with van der Waals surface area (Å²) in [5.74, 6) is 0.849. The molecule has 2 N–H and O–H groups in total. The zero-order valence-corrected chi connectivity index (χ0v) is 8.16. The maximum Gasteiger partial charge on any atom is 0.146 e. The third kappa shape index (κ3) is 1.80. The SMILES string of the molecule is CC[C@@H]1CNCc2ncc(O)cc2O1. The van der Waals surface area contributed by atoms with Crippen LogP contribution < -0.4 is 10.1 Å². The van der Waals surface area contributed by atoms with E-state index in [1.807, 2.05) is 0 Å². The largest absolute Gasteiger partial charge is 0.506 e. The summed E-state index contributed by atoms with van der Waals surface area (Å²) in [5, 5.41) is 12.5. The second kappa shape index (κ2) is 3.84. The van der Waals surface area contributed by atoms with E-state index >= 15 is 0 Å². The molecule has 0 fully saturated rings. The molecule has 76 valence electrons. The Labute approximate surface area is 82.9 Å². The minimum Gasteiger partial charge on any atom is -0.506 e. The van der Waals surface area contributed by atoms with Crippen LogP contribution >= 0.6 is 0 Å². The first-order valence-electron chi connectivity index (χ1n) is 4.85. The summed E-state index contributed by atoms with van der Waals surface area (Å²) in [6.07, 6.45) is 2.55. The molecule has 1 atom stereocenters. The highest BCUT2D eigenvalue weighted by Gasteiger charge is 2.16. The van der Waals surface area contributed by atoms with Gasteiger partial charge in [0, 0.05) is 19.2 Å². The van der Waals surface area contributed by atoms with Gasteiger partial charge in [0.15, 0.2) is 0 Å². The lowest BCUT2D eigenvalue weighted by molar-refractivity contribution is 0.201. The Hall–Kier alpha value is -1.29. The number of pyridine rings is 1. The maximum atomic E-state index is 9.28. The van der Waals surface area contributed by atoms with Crippen LogP contribution in [-0.4, -0.2) is 22.7 Å². The van der Waals surface area contributed by atoms with E-state index in [9.17, 15) is 5.11 Å². The van der Waals surface area contributed by atoms with Gasteiger partial charge in [-0.2, -0.15) is 0 Å². The van der Waals surface area contributed by atoms with Gasteiger partial charge in [0.1, 0.15) is 17.6 Å². The highest BCUT2D eigenvalue weighted by atomic mass is 16.5. The molecule has 2 rings (SSSR count). The highest BCUT2D eigenvalue weighted by Crippen LogP contribution is 2.24. The van der Waals surface area contributed by atoms with Crippen LogP contribution in [0.3, 0.4) is 0 Å². The van der Waals surface area contributed by atoms with Crippen molar-refractivity contribution in [1.29, 1.82) is 0 Å². The van der Waals surface area contributed by atoms with Crippen molar-refractivity contribution in [2.75, 3.05) is 6.54 Å². The minimum absolute atomic E-state index is 0.153. The smallest absolute Gasteiger partial charge is 0.146 e. The van der Waals surface area contributed by atoms with Crippen LogP contribution in [0.15, 0.2) is 12.3 Å². The van der Waals surface area contributed by atoms with E-state index in [2.05, 4.69) is 17.2 Å². The molecule has 0 bridgehead atoms. The van der Waals surface area contributed by atoms with E-state index < -0.39 is 0 Å². The third-order valence-corrected chi connectivity index (χ3v) is 2.33. The van der Waals surface area contributed by atoms with Gasteiger partial charge in [0.05, 0.1) is 11.9 Å². The Morgan fingerprint density at radius 3 is 3.36 bits per heavy atom. The van der Waals surface area contributed by atoms with Crippen molar-refractivity contribution in [2.45, 2.75) is 26.0 Å². The molecule has 0 radical (unpaired) electrons. The van der Waals surface area contributed by atoms with Crippen LogP contribution in [-0.2, 0) is 6.54 Å². The third-order valence-electron chi connectivity index (χ3n) is 2.33. The van der Waals surface area contributed by atoms with Gasteiger partial charge in [0.2, 0.25) is 0 Å². The van der Waals surface area contributed by atoms with Gasteiger partial charge in [-0.05, 0) is 6.42 Å². The molecule has 1 aliphatic heterocycles. The van der Waals surface area contributed by atoms with Gasteiger partial charge in [-0.25, -0.2) is 0 Å². The van der Waals surface area contributed by atoms with Gasteiger partial charge >= 0.3 is 0 Å². The molecule has 1 aliphatic rings. The number of ether oxygens (including phenoxy) is 1. The topological polar surface area (TPSA) is 54.4 Å². The van der Waals surface area contributed by atoms with E-state index in [1.54, 1.807) is 6.07 Å². The molecular formula is C10H14N2O2. The number of aromatic nitrogens is 1. The molecule has 0 spiro atoms. The molecule has 0 unspecified atom stereocenters. The molecule has 0 saturated heterocycles. The second-order valence-corrected chi connectivity index (χ2v) is 3.42. The highest BCUT2D eigenvalue weighted by molar-refractivity contribution is 5.34. The molecule has 4 heteroatoms. The lowest BCUT2D eigenvalue weighted by Gasteiger charge is -2.14. The standard InChI is InChI=1S/C10H14N2O2/c1-2-8-5-11-6-9-10(14-8)3-7(13)4-12-9/h3-4,8,11,13H,2,5-6H2,1H3/t8-/m1/s1. The number of nitrogens with one attached hydrogen (secondary N) is 1. The van der Waals surface area contributed by atoms with Gasteiger partial charge in [-0.3, -0.25) is 4.98 Å². The van der Waals surface area contributed by atoms with E-state index in [4.69, 9.17) is 4.74 Å². The molecular weight excluding hydrogens is 180 g/mol. The summed E-state index contributed by atoms with van der Waals surface area (Å²) >= 11 is 0. The number of hydrogen-bond donors (Lipinski definition) is 2. The Kier molecular flexibility index (Phi) is 2.54. The fourth-order valence-corrected chi connectivity index (χ4v) is 1.50. The van der Waals surface area contributed by atoms with Gasteiger partial charge in [-0.15, -0.1) is 0 Å². The van der Waals surface area contributed by atoms with Crippen molar-refractivity contribution in [3.8, 4) is 11.5 Å². The zero-order chi connectivity index (χ0) is 9.97. The molecule has 2 heterocycles. The number of hydrogen-bond acceptors (Lipinski definition) is 4. The lowest BCUT2D eigenvalue weighted by Crippen LogP contribution is -2.27. The molecule has 0 aromatic carbocycles. The van der Waals surface area contributed by atoms with Crippen LogP contribution in [0.4, 0.5) is 0 Å². The van der Waals surface area contributed by atoms with E-state index in [-0.39, 0.29) is 11.9 Å². The minimum atomic E-state index is 0.153. The quantitative estimate of drug-likeness (QED) is 0.701. The lowest BCUT2D eigenvalue weighted by atomic mass is 10.3. The molecule has 14 heavy (non-hydrogen) atoms. The first kappa shape index (κ1) is 9.27. The number of fused-ring (bicyclic) bond motifs is 1. The Morgan fingerprint density at radius 1 is 1.71 bits per heavy atom. The molecule has 4 nitrogen and oxygen atoms in total. The van der Waals surface area contributed by atoms with E-state index in [0.29, 0.717) is 12.3 Å². The summed E-state index contributed by atoms with van der Waals surface area (Å²) in [5.41, 5.74) is 0.860. The fraction of sp³-hybridized carbons (Fsp3) is 0.500. The molecule has 0 aliphatic carbocycles. The van der Waals surface area contributed by atoms with Crippen molar-refractivity contribution in [3.05, 3.63) is 18.0 Å². The zero-order valence-electron chi connectivity index (χ0n) is 8.16. The van der Waals surface area contributed by atoms with E-state index in [1.165, 1.54) is 6.20 Å². The second-order valence-electron chi connectivity index (χ2n) is 3.42. The maximum absolute atomic E-state index is 9.28. The van der Waals surface area contributed by atoms with E-state index in [0.717, 1.165) is 18.7 Å². The van der Waals surface area contributed by atoms with Crippen molar-refractivity contribution in [3.63, 3.8) is 0 Å². The van der Waals surface area contributed by atoms with Crippen molar-refractivity contribution >= 4 is 0 Å². The number of aromatic hydroxyl groups is 1. The Balaban J connectivity index is 2.28. The van der Waals surface area contributed by atoms with Crippen LogP contribution in [0, 0.1) is 0 Å². The fourth-order valence-electron chi connectivity index (χ4n) is 1.50. The summed E-state index contributed by atoms with van der Waals surface area (Å²) in [7, 11) is 0. The van der Waals surface area contributed by atoms with Crippen LogP contribution in [0.25, 0.3) is 0 Å². The average molecular weight is 194 g/mol. The first-order chi connectivity index (χ1) is 6.79. The van der Waals surface area contributed by atoms with Crippen LogP contribution in [0.1, 0.15) is 19.0 Å². The predicted octanol–water partition coefficient (Wildman–Crippen LogP) is 1.05. The predicted molar refractivity (Wildman–Crippen MR) is 52.3 cm³/mol. The summed E-state index contributed by atoms with van der Waals surface area (Å²) < 4.78 is 5.70. The van der Waals surface area contributed by atoms with Crippen LogP contribution in [0.5, 0.6) is 11.5 Å². The summed E-state index contributed by atoms with van der Waals surface area (Å²) in [6, 6.07) is 1.62. The monoisotopic (exact) mass is 194 g/mol. The van der Waals surface area contributed by atoms with Crippen molar-refractivity contribution < 1.29 is 9.84 Å². The summed E-state index contributed by atoms with van der Waals surface area (Å²) in [4.78, 5) is 4.11. The molecule has 1 aromatic rings. The van der Waals surface area contributed by atoms with Crippen LogP contribution in [0.2, 0.25) is 0 Å². The van der Waals surface area contributed by atoms with Gasteiger partial charge in [0.25, 0.3) is 0 Å². The van der Waals surface area contributed by atoms with Gasteiger partial charge < -0.3 is 15.2 Å². The first-order valence-corrected chi connectivity index (χ1v) is 4.85. The summed E-state index contributed by atoms with van der Waals surface area (Å²) in [6.45, 7) is 3.60. The molecule has 0 amide bonds.